The molecule has 108 valence electrons. The van der Waals surface area contributed by atoms with Gasteiger partial charge in [-0.25, -0.2) is 9.59 Å². The van der Waals surface area contributed by atoms with Crippen LogP contribution in [0, 0.1) is 6.92 Å². The van der Waals surface area contributed by atoms with E-state index in [0.717, 1.165) is 0 Å². The van der Waals surface area contributed by atoms with Crippen molar-refractivity contribution in [3.63, 3.8) is 0 Å². The third-order valence-electron chi connectivity index (χ3n) is 2.75. The van der Waals surface area contributed by atoms with E-state index in [0.29, 0.717) is 17.1 Å². The number of carboxylic acids is 1. The summed E-state index contributed by atoms with van der Waals surface area (Å²) >= 11 is 0. The van der Waals surface area contributed by atoms with E-state index in [1.54, 1.807) is 25.3 Å². The van der Waals surface area contributed by atoms with Gasteiger partial charge in [0.05, 0.1) is 29.2 Å². The number of nitrogens with zero attached hydrogens (tertiary/aromatic N) is 2. The van der Waals surface area contributed by atoms with Gasteiger partial charge < -0.3 is 15.7 Å². The number of pyridine rings is 2. The molecule has 0 saturated carbocycles. The number of amides is 2. The molecule has 0 spiro atoms. The molecule has 0 aliphatic heterocycles. The summed E-state index contributed by atoms with van der Waals surface area (Å²) in [7, 11) is 0. The first-order chi connectivity index (χ1) is 10.1. The summed E-state index contributed by atoms with van der Waals surface area (Å²) in [6, 6.07) is 5.86. The molecule has 2 aromatic rings. The van der Waals surface area contributed by atoms with Crippen LogP contribution in [0.4, 0.5) is 10.5 Å². The second-order valence-electron chi connectivity index (χ2n) is 4.29. The average molecular weight is 286 g/mol. The summed E-state index contributed by atoms with van der Waals surface area (Å²) in [4.78, 5) is 30.7. The Hall–Kier alpha value is -2.96. The highest BCUT2D eigenvalue weighted by Crippen LogP contribution is 2.09. The smallest absolute Gasteiger partial charge is 0.335 e. The number of urea groups is 1. The molecular formula is C14H14N4O3. The molecule has 0 fully saturated rings. The van der Waals surface area contributed by atoms with Crippen LogP contribution in [-0.2, 0) is 6.54 Å². The lowest BCUT2D eigenvalue weighted by Crippen LogP contribution is -2.29. The van der Waals surface area contributed by atoms with E-state index in [-0.39, 0.29) is 12.1 Å². The Bertz CT molecular complexity index is 673. The van der Waals surface area contributed by atoms with Crippen LogP contribution in [0.3, 0.4) is 0 Å². The van der Waals surface area contributed by atoms with Crippen LogP contribution < -0.4 is 10.6 Å². The topological polar surface area (TPSA) is 104 Å². The zero-order valence-electron chi connectivity index (χ0n) is 11.3. The van der Waals surface area contributed by atoms with Gasteiger partial charge in [0.15, 0.2) is 0 Å². The Morgan fingerprint density at radius 3 is 2.76 bits per heavy atom. The zero-order chi connectivity index (χ0) is 15.2. The van der Waals surface area contributed by atoms with Crippen LogP contribution in [0.5, 0.6) is 0 Å². The van der Waals surface area contributed by atoms with E-state index >= 15 is 0 Å². The number of anilines is 1. The van der Waals surface area contributed by atoms with Crippen molar-refractivity contribution in [2.24, 2.45) is 0 Å². The SMILES string of the molecule is Cc1ncccc1NC(=O)NCc1cc(C(=O)O)ccn1. The molecule has 0 atom stereocenters. The summed E-state index contributed by atoms with van der Waals surface area (Å²) in [6.07, 6.45) is 3.03. The van der Waals surface area contributed by atoms with E-state index in [1.165, 1.54) is 18.3 Å². The summed E-state index contributed by atoms with van der Waals surface area (Å²) in [5.41, 5.74) is 1.92. The fourth-order valence-electron chi connectivity index (χ4n) is 1.66. The molecule has 0 saturated heterocycles. The first kappa shape index (κ1) is 14.4. The fourth-order valence-corrected chi connectivity index (χ4v) is 1.66. The number of aromatic carboxylic acids is 1. The quantitative estimate of drug-likeness (QED) is 0.795. The standard InChI is InChI=1S/C14H14N4O3/c1-9-12(3-2-5-15-9)18-14(21)17-8-11-7-10(13(19)20)4-6-16-11/h2-7H,8H2,1H3,(H,19,20)(H2,17,18,21). The molecule has 0 unspecified atom stereocenters. The highest BCUT2D eigenvalue weighted by molar-refractivity contribution is 5.90. The van der Waals surface area contributed by atoms with Gasteiger partial charge in [0.2, 0.25) is 0 Å². The minimum Gasteiger partial charge on any atom is -0.478 e. The van der Waals surface area contributed by atoms with Crippen molar-refractivity contribution in [2.45, 2.75) is 13.5 Å². The molecule has 3 N–H and O–H groups in total. The minimum atomic E-state index is -1.03. The monoisotopic (exact) mass is 286 g/mol. The molecule has 0 aliphatic carbocycles. The van der Waals surface area contributed by atoms with Crippen LogP contribution >= 0.6 is 0 Å². The van der Waals surface area contributed by atoms with Crippen LogP contribution in [0.25, 0.3) is 0 Å². The Morgan fingerprint density at radius 1 is 1.24 bits per heavy atom. The maximum Gasteiger partial charge on any atom is 0.335 e. The van der Waals surface area contributed by atoms with Crippen LogP contribution in [-0.4, -0.2) is 27.1 Å². The molecule has 0 bridgehead atoms. The van der Waals surface area contributed by atoms with Crippen molar-refractivity contribution in [1.82, 2.24) is 15.3 Å². The molecule has 21 heavy (non-hydrogen) atoms. The van der Waals surface area contributed by atoms with Crippen molar-refractivity contribution in [2.75, 3.05) is 5.32 Å². The molecule has 7 heteroatoms. The number of rotatable bonds is 4. The lowest BCUT2D eigenvalue weighted by Gasteiger charge is -2.09. The zero-order valence-corrected chi connectivity index (χ0v) is 11.3. The van der Waals surface area contributed by atoms with Crippen LogP contribution in [0.15, 0.2) is 36.7 Å². The van der Waals surface area contributed by atoms with Gasteiger partial charge in [-0.1, -0.05) is 0 Å². The van der Waals surface area contributed by atoms with Crippen molar-refractivity contribution in [3.05, 3.63) is 53.6 Å². The number of carbonyl (C=O) groups is 2. The number of hydrogen-bond acceptors (Lipinski definition) is 4. The number of aryl methyl sites for hydroxylation is 1. The molecule has 7 nitrogen and oxygen atoms in total. The van der Waals surface area contributed by atoms with Crippen molar-refractivity contribution >= 4 is 17.7 Å². The summed E-state index contributed by atoms with van der Waals surface area (Å²) in [6.45, 7) is 1.92. The molecule has 0 aromatic carbocycles. The van der Waals surface area contributed by atoms with E-state index in [2.05, 4.69) is 20.6 Å². The molecule has 0 aliphatic rings. The summed E-state index contributed by atoms with van der Waals surface area (Å²) < 4.78 is 0. The van der Waals surface area contributed by atoms with Gasteiger partial charge in [-0.05, 0) is 31.2 Å². The number of carboxylic acid groups (broad SMARTS) is 1. The largest absolute Gasteiger partial charge is 0.478 e. The van der Waals surface area contributed by atoms with Gasteiger partial charge in [-0.2, -0.15) is 0 Å². The Balaban J connectivity index is 1.94. The predicted molar refractivity (Wildman–Crippen MR) is 76.0 cm³/mol. The van der Waals surface area contributed by atoms with Gasteiger partial charge in [0, 0.05) is 12.4 Å². The van der Waals surface area contributed by atoms with E-state index in [1.807, 2.05) is 0 Å². The number of hydrogen-bond donors (Lipinski definition) is 3. The van der Waals surface area contributed by atoms with Gasteiger partial charge in [0.1, 0.15) is 0 Å². The van der Waals surface area contributed by atoms with Gasteiger partial charge >= 0.3 is 12.0 Å². The Labute approximate surface area is 121 Å². The maximum atomic E-state index is 11.8. The highest BCUT2D eigenvalue weighted by atomic mass is 16.4. The molecule has 2 amide bonds. The van der Waals surface area contributed by atoms with E-state index in [4.69, 9.17) is 5.11 Å². The molecule has 2 aromatic heterocycles. The summed E-state index contributed by atoms with van der Waals surface area (Å²) in [5, 5.41) is 14.1. The highest BCUT2D eigenvalue weighted by Gasteiger charge is 2.07. The molecule has 0 radical (unpaired) electrons. The molecular weight excluding hydrogens is 272 g/mol. The third-order valence-corrected chi connectivity index (χ3v) is 2.75. The maximum absolute atomic E-state index is 11.8. The average Bonchev–Trinajstić information content (AvgIpc) is 2.48. The van der Waals surface area contributed by atoms with Gasteiger partial charge in [-0.15, -0.1) is 0 Å². The Kier molecular flexibility index (Phi) is 4.45. The first-order valence-electron chi connectivity index (χ1n) is 6.21. The second-order valence-corrected chi connectivity index (χ2v) is 4.29. The fraction of sp³-hybridized carbons (Fsp3) is 0.143. The number of carbonyl (C=O) groups excluding carboxylic acids is 1. The van der Waals surface area contributed by atoms with Gasteiger partial charge in [0.25, 0.3) is 0 Å². The van der Waals surface area contributed by atoms with E-state index < -0.39 is 12.0 Å². The second kappa shape index (κ2) is 6.47. The Morgan fingerprint density at radius 2 is 2.05 bits per heavy atom. The normalized spacial score (nSPS) is 9.95. The van der Waals surface area contributed by atoms with Crippen LogP contribution in [0.1, 0.15) is 21.7 Å². The molecule has 2 rings (SSSR count). The molecule has 2 heterocycles. The van der Waals surface area contributed by atoms with Crippen molar-refractivity contribution < 1.29 is 14.7 Å². The lowest BCUT2D eigenvalue weighted by molar-refractivity contribution is 0.0696. The van der Waals surface area contributed by atoms with Crippen LogP contribution in [0.2, 0.25) is 0 Å². The third kappa shape index (κ3) is 4.00. The van der Waals surface area contributed by atoms with Crippen molar-refractivity contribution in [3.8, 4) is 0 Å². The lowest BCUT2D eigenvalue weighted by atomic mass is 10.2. The predicted octanol–water partition coefficient (Wildman–Crippen LogP) is 1.80. The van der Waals surface area contributed by atoms with E-state index in [9.17, 15) is 9.59 Å². The first-order valence-corrected chi connectivity index (χ1v) is 6.21. The van der Waals surface area contributed by atoms with Crippen molar-refractivity contribution in [1.29, 1.82) is 0 Å². The number of aromatic nitrogens is 2. The number of nitrogens with one attached hydrogen (secondary N) is 2. The van der Waals surface area contributed by atoms with Gasteiger partial charge in [-0.3, -0.25) is 9.97 Å². The summed E-state index contributed by atoms with van der Waals surface area (Å²) in [5.74, 6) is -1.03. The minimum absolute atomic E-state index is 0.130.